The fourth-order valence-electron chi connectivity index (χ4n) is 1.35. The minimum absolute atomic E-state index is 0. The molecule has 0 aromatic heterocycles. The molecular weight excluding hydrogens is 293 g/mol. The minimum atomic E-state index is 0. The van der Waals surface area contributed by atoms with Crippen molar-refractivity contribution in [2.24, 2.45) is 5.10 Å². The van der Waals surface area contributed by atoms with Gasteiger partial charge in [0.15, 0.2) is 0 Å². The molecule has 0 saturated carbocycles. The molecule has 0 spiro atoms. The highest BCUT2D eigenvalue weighted by atomic mass is 35.5. The third kappa shape index (κ3) is 5.44. The summed E-state index contributed by atoms with van der Waals surface area (Å²) in [5.41, 5.74) is 0.928. The normalized spacial score (nSPS) is 11.4. The average molecular weight is 311 g/mol. The molecule has 0 fully saturated rings. The maximum Gasteiger partial charge on any atom is 0.146 e. The lowest BCUT2D eigenvalue weighted by atomic mass is 10.2. The molecule has 0 bridgehead atoms. The predicted octanol–water partition coefficient (Wildman–Crippen LogP) is 0.0787. The van der Waals surface area contributed by atoms with Crippen LogP contribution in [0.5, 0.6) is 0 Å². The molecule has 102 valence electrons. The molecule has 0 aliphatic rings. The molecule has 1 aromatic carbocycles. The van der Waals surface area contributed by atoms with Crippen molar-refractivity contribution in [1.29, 1.82) is 0 Å². The van der Waals surface area contributed by atoms with E-state index in [-0.39, 0.29) is 12.4 Å². The van der Waals surface area contributed by atoms with E-state index < -0.39 is 0 Å². The first-order valence-corrected chi connectivity index (χ1v) is 6.05. The third-order valence-corrected chi connectivity index (χ3v) is 2.91. The van der Waals surface area contributed by atoms with Crippen LogP contribution in [0, 0.1) is 0 Å². The highest BCUT2D eigenvalue weighted by Crippen LogP contribution is 2.26. The Morgan fingerprint density at radius 1 is 1.22 bits per heavy atom. The van der Waals surface area contributed by atoms with Gasteiger partial charge in [-0.05, 0) is 12.1 Å². The Morgan fingerprint density at radius 3 is 2.17 bits per heavy atom. The van der Waals surface area contributed by atoms with Gasteiger partial charge in [0.25, 0.3) is 0 Å². The van der Waals surface area contributed by atoms with E-state index in [0.717, 1.165) is 5.56 Å². The van der Waals surface area contributed by atoms with E-state index in [4.69, 9.17) is 23.2 Å². The van der Waals surface area contributed by atoms with Crippen molar-refractivity contribution in [3.63, 3.8) is 0 Å². The Kier molecular flexibility index (Phi) is 7.00. The number of hydrogen-bond acceptors (Lipinski definition) is 1. The second-order valence-electron chi connectivity index (χ2n) is 4.67. The summed E-state index contributed by atoms with van der Waals surface area (Å²) in [5, 5.41) is 5.82. The molecule has 6 heteroatoms. The van der Waals surface area contributed by atoms with Gasteiger partial charge in [0.2, 0.25) is 0 Å². The van der Waals surface area contributed by atoms with Gasteiger partial charge in [-0.2, -0.15) is 4.59 Å². The van der Waals surface area contributed by atoms with Crippen LogP contribution in [-0.2, 0) is 6.54 Å². The number of nitrogens with zero attached hydrogens (tertiary/aromatic N) is 3. The number of rotatable bonds is 4. The van der Waals surface area contributed by atoms with E-state index in [0.29, 0.717) is 21.2 Å². The van der Waals surface area contributed by atoms with Gasteiger partial charge >= 0.3 is 0 Å². The standard InChI is InChI=1S/C12H18Cl2N3.ClH/c1-16(2)9-15-17(3,4)8-10-11(13)6-5-7-12(10)14;/h5-7,9H,8H2,1-4H3;1H/q+1;/p-1. The number of quaternary nitrogens is 1. The van der Waals surface area contributed by atoms with Crippen LogP contribution in [0.4, 0.5) is 0 Å². The monoisotopic (exact) mass is 309 g/mol. The van der Waals surface area contributed by atoms with E-state index in [1.165, 1.54) is 0 Å². The summed E-state index contributed by atoms with van der Waals surface area (Å²) in [6, 6.07) is 5.54. The zero-order valence-corrected chi connectivity index (χ0v) is 13.3. The molecule has 0 aliphatic heterocycles. The molecule has 0 atom stereocenters. The van der Waals surface area contributed by atoms with Crippen molar-refractivity contribution < 1.29 is 17.0 Å². The summed E-state index contributed by atoms with van der Waals surface area (Å²) >= 11 is 12.3. The van der Waals surface area contributed by atoms with Gasteiger partial charge < -0.3 is 17.3 Å². The molecule has 1 aromatic rings. The van der Waals surface area contributed by atoms with E-state index in [1.807, 2.05) is 51.3 Å². The second kappa shape index (κ2) is 7.19. The Hall–Kier alpha value is -0.480. The van der Waals surface area contributed by atoms with Crippen LogP contribution in [-0.4, -0.2) is 44.0 Å². The first-order valence-electron chi connectivity index (χ1n) is 5.30. The van der Waals surface area contributed by atoms with Gasteiger partial charge in [-0.1, -0.05) is 34.4 Å². The lowest BCUT2D eigenvalue weighted by Gasteiger charge is -2.23. The number of halogens is 3. The smallest absolute Gasteiger partial charge is 0.146 e. The van der Waals surface area contributed by atoms with Crippen molar-refractivity contribution in [2.45, 2.75) is 6.54 Å². The SMILES string of the molecule is CN(C)C=N[N+](C)(C)Cc1c(Cl)cccc1Cl.[Cl-]. The summed E-state index contributed by atoms with van der Waals surface area (Å²) < 4.78 is 0.446. The second-order valence-corrected chi connectivity index (χ2v) is 5.49. The molecule has 1 rings (SSSR count). The lowest BCUT2D eigenvalue weighted by Crippen LogP contribution is -3.00. The largest absolute Gasteiger partial charge is 1.00 e. The van der Waals surface area contributed by atoms with Crippen LogP contribution in [0.2, 0.25) is 10.0 Å². The molecule has 0 unspecified atom stereocenters. The summed E-state index contributed by atoms with van der Waals surface area (Å²) in [4.78, 5) is 1.90. The minimum Gasteiger partial charge on any atom is -1.00 e. The first-order chi connectivity index (χ1) is 7.82. The van der Waals surface area contributed by atoms with Crippen LogP contribution in [0.25, 0.3) is 0 Å². The van der Waals surface area contributed by atoms with E-state index >= 15 is 0 Å². The van der Waals surface area contributed by atoms with Gasteiger partial charge in [0.05, 0.1) is 24.1 Å². The first kappa shape index (κ1) is 17.5. The van der Waals surface area contributed by atoms with Crippen molar-refractivity contribution >= 4 is 29.5 Å². The van der Waals surface area contributed by atoms with Gasteiger partial charge in [-0.15, -0.1) is 0 Å². The van der Waals surface area contributed by atoms with E-state index in [1.54, 1.807) is 6.34 Å². The molecule has 18 heavy (non-hydrogen) atoms. The van der Waals surface area contributed by atoms with Crippen LogP contribution in [0.1, 0.15) is 5.56 Å². The van der Waals surface area contributed by atoms with E-state index in [2.05, 4.69) is 5.10 Å². The predicted molar refractivity (Wildman–Crippen MR) is 74.5 cm³/mol. The Morgan fingerprint density at radius 2 is 1.72 bits per heavy atom. The molecular formula is C12H18Cl3N3. The van der Waals surface area contributed by atoms with Crippen molar-refractivity contribution in [3.8, 4) is 0 Å². The summed E-state index contributed by atoms with van der Waals surface area (Å²) in [5.74, 6) is 0. The Balaban J connectivity index is 0.00000289. The van der Waals surface area contributed by atoms with Gasteiger partial charge in [0, 0.05) is 19.7 Å². The van der Waals surface area contributed by atoms with Gasteiger partial charge in [-0.25, -0.2) is 0 Å². The number of benzene rings is 1. The zero-order valence-electron chi connectivity index (χ0n) is 11.0. The van der Waals surface area contributed by atoms with Crippen molar-refractivity contribution in [2.75, 3.05) is 28.2 Å². The summed E-state index contributed by atoms with van der Waals surface area (Å²) in [7, 11) is 7.87. The Labute approximate surface area is 125 Å². The molecule has 0 N–H and O–H groups in total. The summed E-state index contributed by atoms with van der Waals surface area (Å²) in [6.07, 6.45) is 1.78. The number of hydrogen-bond donors (Lipinski definition) is 0. The quantitative estimate of drug-likeness (QED) is 0.333. The van der Waals surface area contributed by atoms with Crippen LogP contribution >= 0.6 is 23.2 Å². The lowest BCUT2D eigenvalue weighted by molar-refractivity contribution is -0.910. The molecule has 0 amide bonds. The Bertz CT molecular complexity index is 397. The maximum atomic E-state index is 6.14. The fraction of sp³-hybridized carbons (Fsp3) is 0.417. The summed E-state index contributed by atoms with van der Waals surface area (Å²) in [6.45, 7) is 0.656. The van der Waals surface area contributed by atoms with E-state index in [9.17, 15) is 0 Å². The van der Waals surface area contributed by atoms with Crippen LogP contribution < -0.4 is 12.4 Å². The zero-order chi connectivity index (χ0) is 13.1. The average Bonchev–Trinajstić information content (AvgIpc) is 2.21. The molecule has 3 nitrogen and oxygen atoms in total. The maximum absolute atomic E-state index is 6.14. The molecule has 0 aliphatic carbocycles. The molecule has 0 saturated heterocycles. The highest BCUT2D eigenvalue weighted by Gasteiger charge is 2.19. The van der Waals surface area contributed by atoms with Crippen molar-refractivity contribution in [1.82, 2.24) is 4.90 Å². The van der Waals surface area contributed by atoms with Gasteiger partial charge in [-0.3, -0.25) is 0 Å². The molecule has 0 heterocycles. The van der Waals surface area contributed by atoms with Crippen LogP contribution in [0.15, 0.2) is 23.3 Å². The molecule has 0 radical (unpaired) electrons. The third-order valence-electron chi connectivity index (χ3n) is 2.20. The fourth-order valence-corrected chi connectivity index (χ4v) is 1.87. The topological polar surface area (TPSA) is 15.6 Å². The van der Waals surface area contributed by atoms with Crippen molar-refractivity contribution in [3.05, 3.63) is 33.8 Å². The van der Waals surface area contributed by atoms with Gasteiger partial charge in [0.1, 0.15) is 12.9 Å². The highest BCUT2D eigenvalue weighted by molar-refractivity contribution is 6.35. The van der Waals surface area contributed by atoms with Crippen LogP contribution in [0.3, 0.4) is 0 Å².